The number of anilines is 1. The molecule has 2 amide bonds. The maximum absolute atomic E-state index is 13.3. The van der Waals surface area contributed by atoms with E-state index in [4.69, 9.17) is 14.2 Å². The SMILES string of the molecule is CCCCCCN1C(=O)C(Nc2ccc3c(c2)OCO3)=C(c2ccc(OCC)cc2)C1=O. The summed E-state index contributed by atoms with van der Waals surface area (Å²) in [6.07, 6.45) is 3.95. The Labute approximate surface area is 188 Å². The molecule has 2 aliphatic rings. The van der Waals surface area contributed by atoms with Crippen molar-refractivity contribution in [3.8, 4) is 17.2 Å². The lowest BCUT2D eigenvalue weighted by Gasteiger charge is -2.15. The van der Waals surface area contributed by atoms with E-state index in [1.165, 1.54) is 4.90 Å². The fourth-order valence-electron chi connectivity index (χ4n) is 3.86. The molecule has 168 valence electrons. The van der Waals surface area contributed by atoms with Crippen LogP contribution in [0.3, 0.4) is 0 Å². The van der Waals surface area contributed by atoms with E-state index in [2.05, 4.69) is 12.2 Å². The average Bonchev–Trinajstić information content (AvgIpc) is 3.35. The molecule has 0 bridgehead atoms. The largest absolute Gasteiger partial charge is 0.494 e. The number of benzene rings is 2. The third-order valence-electron chi connectivity index (χ3n) is 5.50. The summed E-state index contributed by atoms with van der Waals surface area (Å²) in [4.78, 5) is 27.9. The van der Waals surface area contributed by atoms with Crippen LogP contribution >= 0.6 is 0 Å². The minimum atomic E-state index is -0.312. The van der Waals surface area contributed by atoms with Crippen LogP contribution in [0.2, 0.25) is 0 Å². The van der Waals surface area contributed by atoms with Gasteiger partial charge in [-0.05, 0) is 43.2 Å². The number of nitrogens with one attached hydrogen (secondary N) is 1. The van der Waals surface area contributed by atoms with E-state index in [1.807, 2.05) is 31.2 Å². The van der Waals surface area contributed by atoms with Crippen LogP contribution < -0.4 is 19.5 Å². The van der Waals surface area contributed by atoms with Crippen molar-refractivity contribution in [2.24, 2.45) is 0 Å². The quantitative estimate of drug-likeness (QED) is 0.434. The molecule has 2 aliphatic heterocycles. The smallest absolute Gasteiger partial charge is 0.278 e. The first-order valence-electron chi connectivity index (χ1n) is 11.1. The van der Waals surface area contributed by atoms with Gasteiger partial charge in [0.25, 0.3) is 11.8 Å². The van der Waals surface area contributed by atoms with E-state index in [9.17, 15) is 9.59 Å². The molecule has 7 nitrogen and oxygen atoms in total. The van der Waals surface area contributed by atoms with Gasteiger partial charge in [-0.15, -0.1) is 0 Å². The van der Waals surface area contributed by atoms with Gasteiger partial charge in [-0.25, -0.2) is 0 Å². The summed E-state index contributed by atoms with van der Waals surface area (Å²) in [6.45, 7) is 5.18. The minimum Gasteiger partial charge on any atom is -0.494 e. The van der Waals surface area contributed by atoms with E-state index < -0.39 is 0 Å². The molecule has 32 heavy (non-hydrogen) atoms. The van der Waals surface area contributed by atoms with Crippen molar-refractivity contribution in [1.82, 2.24) is 4.90 Å². The zero-order valence-corrected chi connectivity index (χ0v) is 18.5. The molecule has 0 aliphatic carbocycles. The van der Waals surface area contributed by atoms with Gasteiger partial charge in [-0.3, -0.25) is 14.5 Å². The van der Waals surface area contributed by atoms with Gasteiger partial charge in [0.1, 0.15) is 11.4 Å². The second-order valence-corrected chi connectivity index (χ2v) is 7.72. The molecule has 0 atom stereocenters. The summed E-state index contributed by atoms with van der Waals surface area (Å²) in [5.41, 5.74) is 1.97. The third kappa shape index (κ3) is 4.42. The maximum Gasteiger partial charge on any atom is 0.278 e. The monoisotopic (exact) mass is 436 g/mol. The molecule has 0 unspecified atom stereocenters. The number of ether oxygens (including phenoxy) is 3. The van der Waals surface area contributed by atoms with Crippen molar-refractivity contribution in [1.29, 1.82) is 0 Å². The molecule has 0 fully saturated rings. The summed E-state index contributed by atoms with van der Waals surface area (Å²) in [5.74, 6) is 1.39. The molecule has 4 rings (SSSR count). The van der Waals surface area contributed by atoms with Crippen LogP contribution in [0.4, 0.5) is 5.69 Å². The molecule has 2 heterocycles. The van der Waals surface area contributed by atoms with E-state index >= 15 is 0 Å². The van der Waals surface area contributed by atoms with Crippen LogP contribution in [0.25, 0.3) is 5.57 Å². The van der Waals surface area contributed by atoms with E-state index in [1.54, 1.807) is 18.2 Å². The fraction of sp³-hybridized carbons (Fsp3) is 0.360. The third-order valence-corrected chi connectivity index (χ3v) is 5.50. The fourth-order valence-corrected chi connectivity index (χ4v) is 3.86. The number of amides is 2. The highest BCUT2D eigenvalue weighted by molar-refractivity contribution is 6.36. The van der Waals surface area contributed by atoms with Gasteiger partial charge < -0.3 is 19.5 Å². The van der Waals surface area contributed by atoms with Crippen molar-refractivity contribution in [2.45, 2.75) is 39.5 Å². The Balaban J connectivity index is 1.64. The lowest BCUT2D eigenvalue weighted by atomic mass is 10.0. The molecule has 0 saturated carbocycles. The topological polar surface area (TPSA) is 77.1 Å². The first-order chi connectivity index (χ1) is 15.6. The predicted octanol–water partition coefficient (Wildman–Crippen LogP) is 4.59. The Kier molecular flexibility index (Phi) is 6.63. The number of fused-ring (bicyclic) bond motifs is 1. The molecule has 1 N–H and O–H groups in total. The van der Waals surface area contributed by atoms with Gasteiger partial charge in [0.15, 0.2) is 11.5 Å². The van der Waals surface area contributed by atoms with Gasteiger partial charge in [0.05, 0.1) is 12.2 Å². The molecule has 0 radical (unpaired) electrons. The number of carbonyl (C=O) groups excluding carboxylic acids is 2. The molecule has 0 saturated heterocycles. The molecule has 0 aromatic heterocycles. The van der Waals surface area contributed by atoms with Crippen LogP contribution in [0.5, 0.6) is 17.2 Å². The molecule has 7 heteroatoms. The maximum atomic E-state index is 13.3. The van der Waals surface area contributed by atoms with Crippen molar-refractivity contribution >= 4 is 23.1 Å². The Bertz CT molecular complexity index is 1030. The van der Waals surface area contributed by atoms with E-state index in [0.717, 1.165) is 31.4 Å². The number of rotatable bonds is 10. The number of hydrogen-bond acceptors (Lipinski definition) is 6. The van der Waals surface area contributed by atoms with Crippen molar-refractivity contribution in [3.63, 3.8) is 0 Å². The number of carbonyl (C=O) groups is 2. The first-order valence-corrected chi connectivity index (χ1v) is 11.1. The summed E-state index contributed by atoms with van der Waals surface area (Å²) in [5, 5.41) is 3.17. The molecule has 0 spiro atoms. The first kappa shape index (κ1) is 21.7. The van der Waals surface area contributed by atoms with Crippen LogP contribution in [-0.4, -0.2) is 36.7 Å². The van der Waals surface area contributed by atoms with Crippen molar-refractivity contribution < 1.29 is 23.8 Å². The summed E-state index contributed by atoms with van der Waals surface area (Å²) in [7, 11) is 0. The van der Waals surface area contributed by atoms with Gasteiger partial charge in [0.2, 0.25) is 6.79 Å². The van der Waals surface area contributed by atoms with Gasteiger partial charge in [0, 0.05) is 18.3 Å². The van der Waals surface area contributed by atoms with Crippen LogP contribution in [0, 0.1) is 0 Å². The highest BCUT2D eigenvalue weighted by Crippen LogP contribution is 2.36. The van der Waals surface area contributed by atoms with Crippen molar-refractivity contribution in [2.75, 3.05) is 25.3 Å². The molecule has 2 aromatic rings. The van der Waals surface area contributed by atoms with E-state index in [0.29, 0.717) is 41.5 Å². The highest BCUT2D eigenvalue weighted by Gasteiger charge is 2.39. The number of nitrogens with zero attached hydrogens (tertiary/aromatic N) is 1. The second kappa shape index (κ2) is 9.77. The van der Waals surface area contributed by atoms with Crippen LogP contribution in [0.15, 0.2) is 48.2 Å². The second-order valence-electron chi connectivity index (χ2n) is 7.72. The van der Waals surface area contributed by atoms with Crippen molar-refractivity contribution in [3.05, 3.63) is 53.7 Å². The van der Waals surface area contributed by atoms with Gasteiger partial charge >= 0.3 is 0 Å². The lowest BCUT2D eigenvalue weighted by molar-refractivity contribution is -0.136. The highest BCUT2D eigenvalue weighted by atomic mass is 16.7. The predicted molar refractivity (Wildman–Crippen MR) is 122 cm³/mol. The average molecular weight is 437 g/mol. The number of imide groups is 1. The zero-order chi connectivity index (χ0) is 22.5. The van der Waals surface area contributed by atoms with Crippen LogP contribution in [-0.2, 0) is 9.59 Å². The molecular formula is C25H28N2O5. The normalized spacial score (nSPS) is 15.0. The lowest BCUT2D eigenvalue weighted by Crippen LogP contribution is -2.33. The van der Waals surface area contributed by atoms with Crippen LogP contribution in [0.1, 0.15) is 45.1 Å². The number of unbranched alkanes of at least 4 members (excludes halogenated alkanes) is 3. The summed E-state index contributed by atoms with van der Waals surface area (Å²) < 4.78 is 16.3. The minimum absolute atomic E-state index is 0.169. The Morgan fingerprint density at radius 1 is 0.938 bits per heavy atom. The Morgan fingerprint density at radius 2 is 1.72 bits per heavy atom. The Morgan fingerprint density at radius 3 is 2.47 bits per heavy atom. The zero-order valence-electron chi connectivity index (χ0n) is 18.5. The van der Waals surface area contributed by atoms with E-state index in [-0.39, 0.29) is 24.3 Å². The Hall–Kier alpha value is -3.48. The standard InChI is InChI=1S/C25H28N2O5/c1-3-5-6-7-14-27-24(28)22(17-8-11-19(12-9-17)30-4-2)23(25(27)29)26-18-10-13-20-21(15-18)32-16-31-20/h8-13,15,26H,3-7,14,16H2,1-2H3. The summed E-state index contributed by atoms with van der Waals surface area (Å²) in [6, 6.07) is 12.6. The number of hydrogen-bond donors (Lipinski definition) is 1. The molecular weight excluding hydrogens is 408 g/mol. The van der Waals surface area contributed by atoms with Gasteiger partial charge in [-0.1, -0.05) is 38.3 Å². The molecule has 2 aromatic carbocycles. The summed E-state index contributed by atoms with van der Waals surface area (Å²) >= 11 is 0. The van der Waals surface area contributed by atoms with Gasteiger partial charge in [-0.2, -0.15) is 0 Å².